The number of nitrogens with zero attached hydrogens (tertiary/aromatic N) is 2. The summed E-state index contributed by atoms with van der Waals surface area (Å²) in [7, 11) is -1.66. The molecule has 0 atom stereocenters. The van der Waals surface area contributed by atoms with E-state index in [1.165, 1.54) is 65.6 Å². The summed E-state index contributed by atoms with van der Waals surface area (Å²) < 4.78 is 0. The summed E-state index contributed by atoms with van der Waals surface area (Å²) in [5.41, 5.74) is 12.2. The van der Waals surface area contributed by atoms with Gasteiger partial charge in [-0.2, -0.15) is 0 Å². The number of hydrogen-bond donors (Lipinski definition) is 0. The Hall–Kier alpha value is -4.90. The third-order valence-electron chi connectivity index (χ3n) is 10.8. The smallest absolute Gasteiger partial charge is 0.0543 e. The summed E-state index contributed by atoms with van der Waals surface area (Å²) in [4.78, 5) is 7.69. The molecule has 0 amide bonds. The molecule has 1 aliphatic rings. The van der Waals surface area contributed by atoms with Crippen LogP contribution in [0.5, 0.6) is 0 Å². The summed E-state index contributed by atoms with van der Waals surface area (Å²) in [5.74, 6) is 0. The quantitative estimate of drug-likeness (QED) is 0.154. The summed E-state index contributed by atoms with van der Waals surface area (Å²) in [6.45, 7) is 4.81. The normalized spacial score (nSPS) is 14.0. The Kier molecular flexibility index (Phi) is 8.75. The van der Waals surface area contributed by atoms with Gasteiger partial charge in [-0.25, -0.2) is 20.1 Å². The van der Waals surface area contributed by atoms with Gasteiger partial charge in [0, 0.05) is 39.2 Å². The highest BCUT2D eigenvalue weighted by Crippen LogP contribution is 2.56. The van der Waals surface area contributed by atoms with Gasteiger partial charge >= 0.3 is 0 Å². The van der Waals surface area contributed by atoms with E-state index < -0.39 is 20.1 Å². The van der Waals surface area contributed by atoms with Crippen LogP contribution in [0, 0.1) is 0 Å². The van der Waals surface area contributed by atoms with Gasteiger partial charge < -0.3 is 9.80 Å². The van der Waals surface area contributed by atoms with Gasteiger partial charge in [0.05, 0.1) is 5.69 Å². The first kappa shape index (κ1) is 35.1. The van der Waals surface area contributed by atoms with Gasteiger partial charge in [-0.15, -0.1) is 0 Å². The van der Waals surface area contributed by atoms with Crippen LogP contribution in [0.1, 0.15) is 25.0 Å². The molecule has 0 saturated carbocycles. The molecule has 7 aromatic carbocycles. The molecule has 8 rings (SSSR count). The minimum Gasteiger partial charge on any atom is -0.310 e. The third kappa shape index (κ3) is 6.32. The van der Waals surface area contributed by atoms with E-state index in [2.05, 4.69) is 219 Å². The second kappa shape index (κ2) is 13.2. The Balaban J connectivity index is 1.30. The maximum absolute atomic E-state index is 2.48. The average Bonchev–Trinajstić information content (AvgIpc) is 3.38. The van der Waals surface area contributed by atoms with Gasteiger partial charge in [0.25, 0.3) is 0 Å². The Bertz CT molecular complexity index is 2420. The van der Waals surface area contributed by atoms with E-state index in [1.807, 2.05) is 0 Å². The number of fused-ring (bicyclic) bond motifs is 5. The van der Waals surface area contributed by atoms with Crippen molar-refractivity contribution in [3.8, 4) is 11.1 Å². The fraction of sp³-hybridized carbons (Fsp3) is 0.184. The first-order chi connectivity index (χ1) is 25.3. The molecule has 0 N–H and O–H groups in total. The highest BCUT2D eigenvalue weighted by molar-refractivity contribution is 8.32. The molecule has 0 aromatic heterocycles. The highest BCUT2D eigenvalue weighted by atomic mass is 32.3. The minimum atomic E-state index is -0.838. The molecule has 0 bridgehead atoms. The zero-order valence-electron chi connectivity index (χ0n) is 32.2. The summed E-state index contributed by atoms with van der Waals surface area (Å²) in [5, 5.41) is 2.54. The van der Waals surface area contributed by atoms with Crippen molar-refractivity contribution >= 4 is 65.0 Å². The molecule has 0 saturated heterocycles. The molecule has 0 aliphatic heterocycles. The monoisotopic (exact) mass is 730 g/mol. The van der Waals surface area contributed by atoms with E-state index in [0.29, 0.717) is 0 Å². The SMILES string of the molecule is CC1(C)c2cc(N(c3ccccc3)c3ccc(S(C)(C)C)cc3)ccc2-c2c1cc(N(c1ccccc1)c1ccc(S(C)(C)C)cc1)c1ccccc21. The zero-order valence-corrected chi connectivity index (χ0v) is 33.9. The third-order valence-corrected chi connectivity index (χ3v) is 14.1. The van der Waals surface area contributed by atoms with Crippen LogP contribution in [0.4, 0.5) is 34.1 Å². The highest BCUT2D eigenvalue weighted by Gasteiger charge is 2.38. The molecule has 4 heteroatoms. The lowest BCUT2D eigenvalue weighted by Gasteiger charge is -2.31. The summed E-state index contributed by atoms with van der Waals surface area (Å²) >= 11 is 0. The van der Waals surface area contributed by atoms with Crippen molar-refractivity contribution in [3.63, 3.8) is 0 Å². The van der Waals surface area contributed by atoms with Crippen molar-refractivity contribution in [2.75, 3.05) is 47.3 Å². The number of anilines is 6. The van der Waals surface area contributed by atoms with Gasteiger partial charge in [0.15, 0.2) is 0 Å². The van der Waals surface area contributed by atoms with Gasteiger partial charge in [0.1, 0.15) is 0 Å². The minimum absolute atomic E-state index is 0.233. The number of para-hydroxylation sites is 2. The fourth-order valence-electron chi connectivity index (χ4n) is 7.91. The first-order valence-corrected chi connectivity index (χ1v) is 24.0. The van der Waals surface area contributed by atoms with Crippen LogP contribution in [0.3, 0.4) is 0 Å². The van der Waals surface area contributed by atoms with E-state index in [9.17, 15) is 0 Å². The second-order valence-corrected chi connectivity index (χ2v) is 24.5. The number of rotatable bonds is 8. The van der Waals surface area contributed by atoms with Crippen LogP contribution in [0.2, 0.25) is 0 Å². The van der Waals surface area contributed by atoms with Crippen LogP contribution in [0.25, 0.3) is 21.9 Å². The molecule has 0 fully saturated rings. The van der Waals surface area contributed by atoms with Crippen LogP contribution in [0.15, 0.2) is 168 Å². The van der Waals surface area contributed by atoms with E-state index in [0.717, 1.165) is 11.4 Å². The van der Waals surface area contributed by atoms with Crippen molar-refractivity contribution in [2.24, 2.45) is 0 Å². The van der Waals surface area contributed by atoms with Crippen molar-refractivity contribution in [1.29, 1.82) is 0 Å². The predicted molar refractivity (Wildman–Crippen MR) is 238 cm³/mol. The van der Waals surface area contributed by atoms with Gasteiger partial charge in [-0.1, -0.05) is 80.6 Å². The van der Waals surface area contributed by atoms with E-state index in [-0.39, 0.29) is 5.41 Å². The van der Waals surface area contributed by atoms with Crippen molar-refractivity contribution < 1.29 is 0 Å². The molecule has 0 spiro atoms. The van der Waals surface area contributed by atoms with Crippen LogP contribution in [-0.4, -0.2) is 37.5 Å². The van der Waals surface area contributed by atoms with Gasteiger partial charge in [-0.3, -0.25) is 0 Å². The molecule has 53 heavy (non-hydrogen) atoms. The van der Waals surface area contributed by atoms with Gasteiger partial charge in [-0.05, 0) is 166 Å². The maximum atomic E-state index is 2.48. The largest absolute Gasteiger partial charge is 0.310 e. The second-order valence-electron chi connectivity index (χ2n) is 16.2. The lowest BCUT2D eigenvalue weighted by molar-refractivity contribution is 0.661. The van der Waals surface area contributed by atoms with Crippen molar-refractivity contribution in [3.05, 3.63) is 169 Å². The summed E-state index contributed by atoms with van der Waals surface area (Å²) in [6.07, 6.45) is 14.1. The molecule has 0 heterocycles. The molecule has 0 unspecified atom stereocenters. The zero-order chi connectivity index (χ0) is 37.1. The molecule has 1 aliphatic carbocycles. The topological polar surface area (TPSA) is 6.48 Å². The Morgan fingerprint density at radius 2 is 0.830 bits per heavy atom. The fourth-order valence-corrected chi connectivity index (χ4v) is 9.82. The molecular weight excluding hydrogens is 681 g/mol. The molecular formula is C49H50N2S2. The van der Waals surface area contributed by atoms with E-state index in [4.69, 9.17) is 0 Å². The van der Waals surface area contributed by atoms with E-state index in [1.54, 1.807) is 0 Å². The first-order valence-electron chi connectivity index (χ1n) is 18.3. The van der Waals surface area contributed by atoms with Crippen molar-refractivity contribution in [2.45, 2.75) is 29.1 Å². The lowest BCUT2D eigenvalue weighted by Crippen LogP contribution is -2.18. The molecule has 0 radical (unpaired) electrons. The number of hydrogen-bond acceptors (Lipinski definition) is 2. The standard InChI is InChI=1S/C49H50N2S2/c1-49(2)45-33-39(50(35-17-11-9-12-18-35)37-23-28-40(29-24-37)52(3,4)5)27-32-44(45)48-43-22-16-15-21-42(43)47(34-46(48)49)51(36-19-13-10-14-20-36)38-25-30-41(31-26-38)53(6,7)8/h9-34H,1-8H3. The lowest BCUT2D eigenvalue weighted by atomic mass is 9.81. The molecule has 268 valence electrons. The molecule has 2 nitrogen and oxygen atoms in total. The Morgan fingerprint density at radius 1 is 0.396 bits per heavy atom. The average molecular weight is 731 g/mol. The maximum Gasteiger partial charge on any atom is 0.0543 e. The predicted octanol–water partition coefficient (Wildman–Crippen LogP) is 14.2. The number of benzene rings is 7. The molecule has 7 aromatic rings. The van der Waals surface area contributed by atoms with Crippen molar-refractivity contribution in [1.82, 2.24) is 0 Å². The Morgan fingerprint density at radius 3 is 1.36 bits per heavy atom. The van der Waals surface area contributed by atoms with Crippen LogP contribution in [-0.2, 0) is 5.41 Å². The van der Waals surface area contributed by atoms with Crippen LogP contribution < -0.4 is 9.80 Å². The van der Waals surface area contributed by atoms with Gasteiger partial charge in [0.2, 0.25) is 0 Å². The van der Waals surface area contributed by atoms with E-state index >= 15 is 0 Å². The Labute approximate surface area is 319 Å². The summed E-state index contributed by atoms with van der Waals surface area (Å²) in [6, 6.07) is 58.7. The van der Waals surface area contributed by atoms with Crippen LogP contribution >= 0.6 is 20.1 Å².